The molecule has 0 unspecified atom stereocenters. The number of ether oxygens (including phenoxy) is 2. The first-order valence-electron chi connectivity index (χ1n) is 11.1. The molecule has 0 aliphatic heterocycles. The first kappa shape index (κ1) is 27.0. The Kier molecular flexibility index (Phi) is 9.03. The Morgan fingerprint density at radius 1 is 1.00 bits per heavy atom. The van der Waals surface area contributed by atoms with E-state index in [0.717, 1.165) is 11.1 Å². The van der Waals surface area contributed by atoms with E-state index in [2.05, 4.69) is 15.4 Å². The molecule has 8 nitrogen and oxygen atoms in total. The summed E-state index contributed by atoms with van der Waals surface area (Å²) in [7, 11) is 1.27. The lowest BCUT2D eigenvalue weighted by Crippen LogP contribution is -2.20. The standard InChI is InChI=1S/C28H24ClN3O5/c1-17-4-5-18(2)24(12-17)32-26(33)16-37-25-11-6-19(14-23(25)29)13-21(15-30)27(34)31-22-9-7-20(8-10-22)28(35)36-3/h4-14H,16H2,1-3H3,(H,31,34)(H,32,33)/b21-13-. The molecule has 3 rings (SSSR count). The van der Waals surface area contributed by atoms with E-state index in [-0.39, 0.29) is 28.9 Å². The molecular weight excluding hydrogens is 494 g/mol. The van der Waals surface area contributed by atoms with Crippen LogP contribution in [0.5, 0.6) is 5.75 Å². The van der Waals surface area contributed by atoms with Crippen LogP contribution in [0.2, 0.25) is 5.02 Å². The Balaban J connectivity index is 1.63. The summed E-state index contributed by atoms with van der Waals surface area (Å²) in [4.78, 5) is 36.4. The molecule has 0 atom stereocenters. The van der Waals surface area contributed by atoms with Gasteiger partial charge < -0.3 is 20.1 Å². The van der Waals surface area contributed by atoms with Gasteiger partial charge in [0.25, 0.3) is 11.8 Å². The fourth-order valence-corrected chi connectivity index (χ4v) is 3.49. The largest absolute Gasteiger partial charge is 0.482 e. The third-order valence-corrected chi connectivity index (χ3v) is 5.52. The van der Waals surface area contributed by atoms with Gasteiger partial charge in [0.15, 0.2) is 6.61 Å². The zero-order chi connectivity index (χ0) is 26.9. The van der Waals surface area contributed by atoms with E-state index >= 15 is 0 Å². The van der Waals surface area contributed by atoms with Crippen LogP contribution in [0.25, 0.3) is 6.08 Å². The van der Waals surface area contributed by atoms with Gasteiger partial charge in [0, 0.05) is 11.4 Å². The van der Waals surface area contributed by atoms with Gasteiger partial charge >= 0.3 is 5.97 Å². The molecule has 37 heavy (non-hydrogen) atoms. The number of halogens is 1. The number of nitrogens with one attached hydrogen (secondary N) is 2. The van der Waals surface area contributed by atoms with Crippen LogP contribution < -0.4 is 15.4 Å². The van der Waals surface area contributed by atoms with Gasteiger partial charge in [-0.2, -0.15) is 5.26 Å². The van der Waals surface area contributed by atoms with Crippen molar-refractivity contribution >= 4 is 46.8 Å². The molecule has 0 aromatic heterocycles. The number of nitrogens with zero attached hydrogens (tertiary/aromatic N) is 1. The highest BCUT2D eigenvalue weighted by Gasteiger charge is 2.13. The number of carbonyl (C=O) groups excluding carboxylic acids is 3. The summed E-state index contributed by atoms with van der Waals surface area (Å²) in [5.74, 6) is -1.19. The Labute approximate surface area is 219 Å². The van der Waals surface area contributed by atoms with E-state index in [1.807, 2.05) is 38.1 Å². The van der Waals surface area contributed by atoms with Crippen molar-refractivity contribution in [3.05, 3.63) is 93.5 Å². The third-order valence-electron chi connectivity index (χ3n) is 5.22. The lowest BCUT2D eigenvalue weighted by atomic mass is 10.1. The second kappa shape index (κ2) is 12.4. The summed E-state index contributed by atoms with van der Waals surface area (Å²) in [5.41, 5.74) is 3.73. The first-order valence-corrected chi connectivity index (χ1v) is 11.5. The summed E-state index contributed by atoms with van der Waals surface area (Å²) in [6, 6.07) is 18.4. The number of carbonyl (C=O) groups is 3. The molecule has 0 aliphatic carbocycles. The van der Waals surface area contributed by atoms with Crippen molar-refractivity contribution in [1.82, 2.24) is 0 Å². The molecule has 3 aromatic carbocycles. The number of rotatable bonds is 8. The van der Waals surface area contributed by atoms with Crippen LogP contribution in [-0.4, -0.2) is 31.5 Å². The molecule has 0 spiro atoms. The minimum Gasteiger partial charge on any atom is -0.482 e. The topological polar surface area (TPSA) is 118 Å². The molecule has 0 fully saturated rings. The maximum Gasteiger partial charge on any atom is 0.337 e. The van der Waals surface area contributed by atoms with E-state index < -0.39 is 11.9 Å². The number of amides is 2. The van der Waals surface area contributed by atoms with Crippen LogP contribution in [0.1, 0.15) is 27.0 Å². The summed E-state index contributed by atoms with van der Waals surface area (Å²) in [5, 5.41) is 15.1. The van der Waals surface area contributed by atoms with Crippen LogP contribution in [-0.2, 0) is 14.3 Å². The minimum atomic E-state index is -0.632. The molecule has 0 bridgehead atoms. The predicted octanol–water partition coefficient (Wildman–Crippen LogP) is 5.31. The zero-order valence-corrected chi connectivity index (χ0v) is 21.2. The summed E-state index contributed by atoms with van der Waals surface area (Å²) >= 11 is 6.30. The molecule has 0 saturated heterocycles. The fraction of sp³-hybridized carbons (Fsp3) is 0.143. The number of nitriles is 1. The van der Waals surface area contributed by atoms with Gasteiger partial charge in [-0.25, -0.2) is 4.79 Å². The van der Waals surface area contributed by atoms with Crippen LogP contribution in [0.15, 0.2) is 66.2 Å². The lowest BCUT2D eigenvalue weighted by Gasteiger charge is -2.11. The van der Waals surface area contributed by atoms with Gasteiger partial charge in [-0.15, -0.1) is 0 Å². The maximum absolute atomic E-state index is 12.6. The van der Waals surface area contributed by atoms with Crippen molar-refractivity contribution in [3.8, 4) is 11.8 Å². The molecule has 0 saturated carbocycles. The average molecular weight is 518 g/mol. The van der Waals surface area contributed by atoms with Crippen LogP contribution in [0.3, 0.4) is 0 Å². The number of methoxy groups -OCH3 is 1. The SMILES string of the molecule is COC(=O)c1ccc(NC(=O)/C(C#N)=C\c2ccc(OCC(=O)Nc3cc(C)ccc3C)c(Cl)c2)cc1. The first-order chi connectivity index (χ1) is 17.7. The molecule has 0 aliphatic rings. The van der Waals surface area contributed by atoms with E-state index in [9.17, 15) is 19.6 Å². The fourth-order valence-electron chi connectivity index (χ4n) is 3.25. The van der Waals surface area contributed by atoms with E-state index in [4.69, 9.17) is 16.3 Å². The molecule has 2 N–H and O–H groups in total. The normalized spacial score (nSPS) is 10.7. The number of benzene rings is 3. The van der Waals surface area contributed by atoms with Crippen LogP contribution >= 0.6 is 11.6 Å². The van der Waals surface area contributed by atoms with Crippen molar-refractivity contribution in [2.45, 2.75) is 13.8 Å². The molecule has 9 heteroatoms. The third kappa shape index (κ3) is 7.43. The van der Waals surface area contributed by atoms with Crippen molar-refractivity contribution in [3.63, 3.8) is 0 Å². The highest BCUT2D eigenvalue weighted by Crippen LogP contribution is 2.27. The van der Waals surface area contributed by atoms with Crippen LogP contribution in [0, 0.1) is 25.2 Å². The zero-order valence-electron chi connectivity index (χ0n) is 20.4. The Morgan fingerprint density at radius 2 is 1.73 bits per heavy atom. The summed E-state index contributed by atoms with van der Waals surface area (Å²) in [6.45, 7) is 3.59. The molecular formula is C28H24ClN3O5. The monoisotopic (exact) mass is 517 g/mol. The van der Waals surface area contributed by atoms with Crippen LogP contribution in [0.4, 0.5) is 11.4 Å². The second-order valence-electron chi connectivity index (χ2n) is 8.04. The highest BCUT2D eigenvalue weighted by molar-refractivity contribution is 6.32. The van der Waals surface area contributed by atoms with Gasteiger partial charge in [-0.1, -0.05) is 29.8 Å². The highest BCUT2D eigenvalue weighted by atomic mass is 35.5. The van der Waals surface area contributed by atoms with Gasteiger partial charge in [0.2, 0.25) is 0 Å². The molecule has 2 amide bonds. The van der Waals surface area contributed by atoms with E-state index in [1.54, 1.807) is 12.1 Å². The van der Waals surface area contributed by atoms with Crippen molar-refractivity contribution in [2.24, 2.45) is 0 Å². The van der Waals surface area contributed by atoms with Gasteiger partial charge in [-0.3, -0.25) is 9.59 Å². The molecule has 3 aromatic rings. The molecule has 188 valence electrons. The quantitative estimate of drug-likeness (QED) is 0.237. The predicted molar refractivity (Wildman–Crippen MR) is 141 cm³/mol. The number of aryl methyl sites for hydroxylation is 2. The number of hydrogen-bond donors (Lipinski definition) is 2. The lowest BCUT2D eigenvalue weighted by molar-refractivity contribution is -0.118. The Bertz CT molecular complexity index is 1410. The maximum atomic E-state index is 12.6. The van der Waals surface area contributed by atoms with Gasteiger partial charge in [0.1, 0.15) is 17.4 Å². The number of esters is 1. The van der Waals surface area contributed by atoms with Gasteiger partial charge in [0.05, 0.1) is 17.7 Å². The Morgan fingerprint density at radius 3 is 2.38 bits per heavy atom. The van der Waals surface area contributed by atoms with Crippen molar-refractivity contribution in [2.75, 3.05) is 24.4 Å². The van der Waals surface area contributed by atoms with Gasteiger partial charge in [-0.05, 0) is 79.1 Å². The molecule has 0 heterocycles. The van der Waals surface area contributed by atoms with Crippen molar-refractivity contribution < 1.29 is 23.9 Å². The number of hydrogen-bond acceptors (Lipinski definition) is 6. The smallest absolute Gasteiger partial charge is 0.337 e. The van der Waals surface area contributed by atoms with E-state index in [0.29, 0.717) is 22.5 Å². The van der Waals surface area contributed by atoms with Crippen molar-refractivity contribution in [1.29, 1.82) is 5.26 Å². The summed E-state index contributed by atoms with van der Waals surface area (Å²) in [6.07, 6.45) is 1.38. The Hall–Kier alpha value is -4.61. The molecule has 0 radical (unpaired) electrons. The summed E-state index contributed by atoms with van der Waals surface area (Å²) < 4.78 is 10.2. The van der Waals surface area contributed by atoms with E-state index in [1.165, 1.54) is 43.5 Å². The number of anilines is 2. The average Bonchev–Trinajstić information content (AvgIpc) is 2.88. The second-order valence-corrected chi connectivity index (χ2v) is 8.45. The minimum absolute atomic E-state index is 0.158.